The van der Waals surface area contributed by atoms with E-state index in [4.69, 9.17) is 24.7 Å². The highest BCUT2D eigenvalue weighted by molar-refractivity contribution is 8.00. The number of nitrogens with two attached hydrogens (primary N) is 1. The Kier molecular flexibility index (Phi) is 14.3. The number of urea groups is 1. The van der Waals surface area contributed by atoms with E-state index in [1.807, 2.05) is 23.7 Å². The van der Waals surface area contributed by atoms with Crippen LogP contribution < -0.4 is 16.4 Å². The van der Waals surface area contributed by atoms with Crippen LogP contribution in [0.4, 0.5) is 4.79 Å². The maximum absolute atomic E-state index is 12.0. The predicted octanol–water partition coefficient (Wildman–Crippen LogP) is 0.112. The molecule has 2 saturated heterocycles. The molecule has 34 heavy (non-hydrogen) atoms. The Labute approximate surface area is 206 Å². The van der Waals surface area contributed by atoms with Crippen LogP contribution in [0.1, 0.15) is 32.1 Å². The summed E-state index contributed by atoms with van der Waals surface area (Å²) < 4.78 is 21.4. The Balaban J connectivity index is 1.30. The maximum atomic E-state index is 12.0. The van der Waals surface area contributed by atoms with Crippen molar-refractivity contribution in [1.29, 1.82) is 0 Å². The number of hydrogen-bond acceptors (Lipinski definition) is 8. The minimum absolute atomic E-state index is 0.0273. The van der Waals surface area contributed by atoms with Gasteiger partial charge in [-0.2, -0.15) is 11.8 Å². The topological polar surface area (TPSA) is 141 Å². The third-order valence-electron chi connectivity index (χ3n) is 5.68. The number of carbonyl (C=O) groups excluding carboxylic acids is 3. The van der Waals surface area contributed by atoms with Gasteiger partial charge in [-0.1, -0.05) is 6.42 Å². The Bertz CT molecular complexity index is 628. The highest BCUT2D eigenvalue weighted by Gasteiger charge is 2.46. The molecular formula is C22H40N4O7S. The molecule has 4 amide bonds. The van der Waals surface area contributed by atoms with Crippen LogP contribution in [0.15, 0.2) is 0 Å². The number of ether oxygens (including phenoxy) is 4. The van der Waals surface area contributed by atoms with Crippen LogP contribution in [-0.2, 0) is 28.5 Å². The molecule has 3 atom stereocenters. The average molecular weight is 505 g/mol. The number of hydrogen-bond donors (Lipinski definition) is 3. The molecule has 0 aliphatic carbocycles. The molecule has 12 heteroatoms. The number of nitrogens with one attached hydrogen (secondary N) is 2. The third kappa shape index (κ3) is 11.2. The molecule has 2 aliphatic heterocycles. The van der Waals surface area contributed by atoms with Gasteiger partial charge in [0.1, 0.15) is 0 Å². The third-order valence-corrected chi connectivity index (χ3v) is 7.17. The number of fused-ring (bicyclic) bond motifs is 1. The van der Waals surface area contributed by atoms with Gasteiger partial charge in [-0.05, 0) is 12.8 Å². The van der Waals surface area contributed by atoms with Crippen molar-refractivity contribution in [3.05, 3.63) is 0 Å². The Morgan fingerprint density at radius 3 is 2.26 bits per heavy atom. The van der Waals surface area contributed by atoms with E-state index < -0.39 is 0 Å². The van der Waals surface area contributed by atoms with Crippen molar-refractivity contribution < 1.29 is 33.3 Å². The second-order valence-corrected chi connectivity index (χ2v) is 9.56. The first kappa shape index (κ1) is 28.6. The molecule has 2 heterocycles. The number of rotatable bonds is 20. The molecule has 11 nitrogen and oxygen atoms in total. The molecule has 2 rings (SSSR count). The summed E-state index contributed by atoms with van der Waals surface area (Å²) in [7, 11) is 1.87. The van der Waals surface area contributed by atoms with E-state index in [-0.39, 0.29) is 36.3 Å². The SMILES string of the molecule is CN1C(=O)NC2CS[C@@H](CCCCC(=O)NCCOCCOCCOCCOCCC(N)=O)C21. The van der Waals surface area contributed by atoms with Crippen LogP contribution in [-0.4, -0.2) is 112 Å². The van der Waals surface area contributed by atoms with E-state index >= 15 is 0 Å². The largest absolute Gasteiger partial charge is 0.379 e. The fourth-order valence-electron chi connectivity index (χ4n) is 3.90. The van der Waals surface area contributed by atoms with Crippen molar-refractivity contribution >= 4 is 29.6 Å². The van der Waals surface area contributed by atoms with Crippen molar-refractivity contribution in [1.82, 2.24) is 15.5 Å². The van der Waals surface area contributed by atoms with Gasteiger partial charge in [-0.3, -0.25) is 9.59 Å². The number of unbranched alkanes of at least 4 members (excludes halogenated alkanes) is 1. The summed E-state index contributed by atoms with van der Waals surface area (Å²) >= 11 is 1.92. The van der Waals surface area contributed by atoms with Crippen LogP contribution in [0, 0.1) is 0 Å². The Morgan fingerprint density at radius 1 is 1.00 bits per heavy atom. The lowest BCUT2D eigenvalue weighted by atomic mass is 10.0. The molecular weight excluding hydrogens is 464 g/mol. The second kappa shape index (κ2) is 16.9. The first-order valence-corrected chi connectivity index (χ1v) is 13.0. The predicted molar refractivity (Wildman–Crippen MR) is 129 cm³/mol. The smallest absolute Gasteiger partial charge is 0.317 e. The highest BCUT2D eigenvalue weighted by Crippen LogP contribution is 2.36. The molecule has 0 saturated carbocycles. The van der Waals surface area contributed by atoms with Crippen molar-refractivity contribution in [2.24, 2.45) is 5.73 Å². The summed E-state index contributed by atoms with van der Waals surface area (Å²) in [6.07, 6.45) is 3.58. The van der Waals surface area contributed by atoms with Gasteiger partial charge in [0.15, 0.2) is 0 Å². The van der Waals surface area contributed by atoms with Crippen molar-refractivity contribution in [3.63, 3.8) is 0 Å². The molecule has 0 bridgehead atoms. The molecule has 0 radical (unpaired) electrons. The maximum Gasteiger partial charge on any atom is 0.317 e. The summed E-state index contributed by atoms with van der Waals surface area (Å²) in [6, 6.07) is 0.570. The summed E-state index contributed by atoms with van der Waals surface area (Å²) in [5.74, 6) is 0.640. The van der Waals surface area contributed by atoms with Gasteiger partial charge in [0, 0.05) is 37.4 Å². The summed E-state index contributed by atoms with van der Waals surface area (Å²) in [4.78, 5) is 36.1. The zero-order valence-electron chi connectivity index (χ0n) is 20.1. The van der Waals surface area contributed by atoms with E-state index in [1.165, 1.54) is 0 Å². The van der Waals surface area contributed by atoms with E-state index in [0.717, 1.165) is 25.0 Å². The number of nitrogens with zero attached hydrogens (tertiary/aromatic N) is 1. The molecule has 0 aromatic carbocycles. The lowest BCUT2D eigenvalue weighted by molar-refractivity contribution is -0.121. The van der Waals surface area contributed by atoms with Crippen molar-refractivity contribution in [2.45, 2.75) is 49.4 Å². The molecule has 2 aliphatic rings. The van der Waals surface area contributed by atoms with Crippen LogP contribution >= 0.6 is 11.8 Å². The fraction of sp³-hybridized carbons (Fsp3) is 0.864. The minimum atomic E-state index is -0.377. The molecule has 4 N–H and O–H groups in total. The minimum Gasteiger partial charge on any atom is -0.379 e. The monoisotopic (exact) mass is 504 g/mol. The van der Waals surface area contributed by atoms with Crippen LogP contribution in [0.5, 0.6) is 0 Å². The summed E-state index contributed by atoms with van der Waals surface area (Å²) in [5.41, 5.74) is 5.01. The second-order valence-electron chi connectivity index (χ2n) is 8.29. The number of primary amides is 1. The van der Waals surface area contributed by atoms with Gasteiger partial charge < -0.3 is 40.2 Å². The first-order valence-electron chi connectivity index (χ1n) is 12.0. The van der Waals surface area contributed by atoms with E-state index in [0.29, 0.717) is 71.1 Å². The quantitative estimate of drug-likeness (QED) is 0.157. The molecule has 2 fully saturated rings. The molecule has 0 aromatic rings. The summed E-state index contributed by atoms with van der Waals surface area (Å²) in [6.45, 7) is 3.94. The summed E-state index contributed by atoms with van der Waals surface area (Å²) in [5, 5.41) is 6.36. The molecule has 0 aromatic heterocycles. The Hall–Kier alpha value is -1.60. The van der Waals surface area contributed by atoms with E-state index in [1.54, 1.807) is 0 Å². The number of carbonyl (C=O) groups is 3. The highest BCUT2D eigenvalue weighted by atomic mass is 32.2. The lowest BCUT2D eigenvalue weighted by Crippen LogP contribution is -2.38. The number of thioether (sulfide) groups is 1. The van der Waals surface area contributed by atoms with Gasteiger partial charge in [-0.25, -0.2) is 4.79 Å². The molecule has 196 valence electrons. The number of amides is 4. The lowest BCUT2D eigenvalue weighted by Gasteiger charge is -2.23. The first-order chi connectivity index (χ1) is 16.5. The molecule has 2 unspecified atom stereocenters. The standard InChI is InChI=1S/C22H40N4O7S/c1-26-21-17(25-22(26)29)16-34-18(21)4-2-3-5-20(28)24-7-9-31-11-13-33-15-14-32-12-10-30-8-6-19(23)27/h17-18,21H,2-16H2,1H3,(H2,23,27)(H,24,28)(H,25,29)/t17?,18-,21?/m0/s1. The van der Waals surface area contributed by atoms with Gasteiger partial charge in [0.05, 0.1) is 64.9 Å². The Morgan fingerprint density at radius 2 is 1.62 bits per heavy atom. The van der Waals surface area contributed by atoms with Gasteiger partial charge in [0.25, 0.3) is 0 Å². The average Bonchev–Trinajstić information content (AvgIpc) is 3.33. The van der Waals surface area contributed by atoms with Crippen LogP contribution in [0.25, 0.3) is 0 Å². The zero-order valence-corrected chi connectivity index (χ0v) is 20.9. The van der Waals surface area contributed by atoms with Crippen molar-refractivity contribution in [2.75, 3.05) is 72.2 Å². The fourth-order valence-corrected chi connectivity index (χ4v) is 5.53. The van der Waals surface area contributed by atoms with Gasteiger partial charge >= 0.3 is 6.03 Å². The number of likely N-dealkylation sites (N-methyl/N-ethyl adjacent to an activating group) is 1. The molecule has 0 spiro atoms. The van der Waals surface area contributed by atoms with E-state index in [9.17, 15) is 14.4 Å². The zero-order chi connectivity index (χ0) is 24.6. The van der Waals surface area contributed by atoms with Crippen LogP contribution in [0.3, 0.4) is 0 Å². The van der Waals surface area contributed by atoms with Gasteiger partial charge in [0.2, 0.25) is 11.8 Å². The van der Waals surface area contributed by atoms with Crippen LogP contribution in [0.2, 0.25) is 0 Å². The van der Waals surface area contributed by atoms with Gasteiger partial charge in [-0.15, -0.1) is 0 Å². The normalized spacial score (nSPS) is 21.5. The van der Waals surface area contributed by atoms with E-state index in [2.05, 4.69) is 10.6 Å². The van der Waals surface area contributed by atoms with Crippen molar-refractivity contribution in [3.8, 4) is 0 Å².